The molecule has 1 heterocycles. The number of anilines is 1. The van der Waals surface area contributed by atoms with Crippen LogP contribution in [0.25, 0.3) is 0 Å². The number of ether oxygens (including phenoxy) is 1. The number of para-hydroxylation sites is 2. The van der Waals surface area contributed by atoms with Gasteiger partial charge in [-0.3, -0.25) is 9.59 Å². The third-order valence-corrected chi connectivity index (χ3v) is 5.02. The van der Waals surface area contributed by atoms with E-state index in [-0.39, 0.29) is 49.5 Å². The van der Waals surface area contributed by atoms with Gasteiger partial charge in [0.25, 0.3) is 5.91 Å². The molecule has 146 valence electrons. The topological polar surface area (TPSA) is 49.9 Å². The van der Waals surface area contributed by atoms with Crippen LogP contribution in [0.2, 0.25) is 0 Å². The first kappa shape index (κ1) is 18.4. The van der Waals surface area contributed by atoms with Crippen molar-refractivity contribution >= 4 is 17.5 Å². The molecule has 0 spiro atoms. The SMILES string of the molecule is O=C1COc2ccccc2N1CCC(=O)N(Cc1ccc(F)cc1F)C1CC1. The van der Waals surface area contributed by atoms with Crippen molar-refractivity contribution in [2.24, 2.45) is 0 Å². The summed E-state index contributed by atoms with van der Waals surface area (Å²) >= 11 is 0. The highest BCUT2D eigenvalue weighted by atomic mass is 19.1. The maximum Gasteiger partial charge on any atom is 0.265 e. The molecule has 1 saturated carbocycles. The number of carbonyl (C=O) groups excluding carboxylic acids is 2. The van der Waals surface area contributed by atoms with E-state index in [2.05, 4.69) is 0 Å². The van der Waals surface area contributed by atoms with Gasteiger partial charge in [0.15, 0.2) is 6.61 Å². The Labute approximate surface area is 161 Å². The molecule has 0 atom stereocenters. The highest BCUT2D eigenvalue weighted by molar-refractivity contribution is 5.98. The van der Waals surface area contributed by atoms with Crippen LogP contribution < -0.4 is 9.64 Å². The van der Waals surface area contributed by atoms with E-state index in [1.807, 2.05) is 12.1 Å². The number of hydrogen-bond donors (Lipinski definition) is 0. The van der Waals surface area contributed by atoms with Crippen molar-refractivity contribution in [2.75, 3.05) is 18.1 Å². The predicted octanol–water partition coefficient (Wildman–Crippen LogP) is 3.27. The highest BCUT2D eigenvalue weighted by Crippen LogP contribution is 2.32. The zero-order chi connectivity index (χ0) is 19.7. The second-order valence-corrected chi connectivity index (χ2v) is 7.04. The summed E-state index contributed by atoms with van der Waals surface area (Å²) in [6, 6.07) is 10.7. The molecule has 0 unspecified atom stereocenters. The van der Waals surface area contributed by atoms with E-state index < -0.39 is 11.6 Å². The summed E-state index contributed by atoms with van der Waals surface area (Å²) in [5, 5.41) is 0. The number of nitrogens with zero attached hydrogens (tertiary/aromatic N) is 2. The molecule has 2 aromatic carbocycles. The number of hydrogen-bond acceptors (Lipinski definition) is 3. The van der Waals surface area contributed by atoms with Crippen molar-refractivity contribution in [2.45, 2.75) is 31.8 Å². The summed E-state index contributed by atoms with van der Waals surface area (Å²) in [5.74, 6) is -1.04. The summed E-state index contributed by atoms with van der Waals surface area (Å²) in [7, 11) is 0. The van der Waals surface area contributed by atoms with Gasteiger partial charge in [-0.15, -0.1) is 0 Å². The summed E-state index contributed by atoms with van der Waals surface area (Å²) in [6.45, 7) is 0.273. The number of halogens is 2. The number of amides is 2. The molecule has 5 nitrogen and oxygen atoms in total. The van der Waals surface area contributed by atoms with E-state index in [1.165, 1.54) is 12.1 Å². The average Bonchev–Trinajstić information content (AvgIpc) is 3.51. The molecule has 1 aliphatic heterocycles. The van der Waals surface area contributed by atoms with Gasteiger partial charge in [0.2, 0.25) is 5.91 Å². The van der Waals surface area contributed by atoms with E-state index >= 15 is 0 Å². The van der Waals surface area contributed by atoms with Crippen molar-refractivity contribution in [3.63, 3.8) is 0 Å². The van der Waals surface area contributed by atoms with E-state index in [0.29, 0.717) is 11.4 Å². The molecule has 0 aromatic heterocycles. The molecule has 1 fully saturated rings. The molecule has 1 aliphatic carbocycles. The summed E-state index contributed by atoms with van der Waals surface area (Å²) < 4.78 is 32.5. The molecule has 0 N–H and O–H groups in total. The number of rotatable bonds is 6. The second-order valence-electron chi connectivity index (χ2n) is 7.04. The molecule has 28 heavy (non-hydrogen) atoms. The minimum atomic E-state index is -0.657. The van der Waals surface area contributed by atoms with Gasteiger partial charge in [-0.1, -0.05) is 18.2 Å². The molecule has 7 heteroatoms. The molecule has 0 bridgehead atoms. The average molecular weight is 386 g/mol. The first-order valence-electron chi connectivity index (χ1n) is 9.28. The number of fused-ring (bicyclic) bond motifs is 1. The van der Waals surface area contributed by atoms with E-state index in [9.17, 15) is 18.4 Å². The maximum absolute atomic E-state index is 14.0. The lowest BCUT2D eigenvalue weighted by Crippen LogP contribution is -2.42. The lowest BCUT2D eigenvalue weighted by Gasteiger charge is -2.30. The smallest absolute Gasteiger partial charge is 0.265 e. The fourth-order valence-electron chi connectivity index (χ4n) is 3.39. The second kappa shape index (κ2) is 7.58. The summed E-state index contributed by atoms with van der Waals surface area (Å²) in [6.07, 6.45) is 1.86. The monoisotopic (exact) mass is 386 g/mol. The van der Waals surface area contributed by atoms with Crippen molar-refractivity contribution < 1.29 is 23.1 Å². The van der Waals surface area contributed by atoms with E-state index in [0.717, 1.165) is 18.9 Å². The van der Waals surface area contributed by atoms with Crippen molar-refractivity contribution in [1.29, 1.82) is 0 Å². The van der Waals surface area contributed by atoms with Crippen LogP contribution in [-0.2, 0) is 16.1 Å². The Bertz CT molecular complexity index is 914. The van der Waals surface area contributed by atoms with Gasteiger partial charge in [0.05, 0.1) is 5.69 Å². The quantitative estimate of drug-likeness (QED) is 0.766. The number of benzene rings is 2. The van der Waals surface area contributed by atoms with Gasteiger partial charge in [0, 0.05) is 37.2 Å². The van der Waals surface area contributed by atoms with Gasteiger partial charge < -0.3 is 14.5 Å². The molecule has 2 aliphatic rings. The van der Waals surface area contributed by atoms with Gasteiger partial charge >= 0.3 is 0 Å². The Balaban J connectivity index is 1.45. The van der Waals surface area contributed by atoms with Crippen molar-refractivity contribution in [3.05, 3.63) is 59.7 Å². The normalized spacial score (nSPS) is 15.8. The summed E-state index contributed by atoms with van der Waals surface area (Å²) in [5.41, 5.74) is 0.934. The third kappa shape index (κ3) is 3.83. The van der Waals surface area contributed by atoms with Crippen LogP contribution in [0, 0.1) is 11.6 Å². The van der Waals surface area contributed by atoms with Crippen molar-refractivity contribution in [1.82, 2.24) is 4.90 Å². The van der Waals surface area contributed by atoms with Crippen LogP contribution in [0.3, 0.4) is 0 Å². The zero-order valence-corrected chi connectivity index (χ0v) is 15.2. The highest BCUT2D eigenvalue weighted by Gasteiger charge is 2.34. The van der Waals surface area contributed by atoms with Crippen LogP contribution in [0.1, 0.15) is 24.8 Å². The van der Waals surface area contributed by atoms with E-state index in [4.69, 9.17) is 4.74 Å². The molecular formula is C21H20F2N2O3. The molecule has 2 aromatic rings. The van der Waals surface area contributed by atoms with Crippen molar-refractivity contribution in [3.8, 4) is 5.75 Å². The first-order chi connectivity index (χ1) is 13.5. The lowest BCUT2D eigenvalue weighted by atomic mass is 10.1. The summed E-state index contributed by atoms with van der Waals surface area (Å²) in [4.78, 5) is 28.3. The van der Waals surface area contributed by atoms with Gasteiger partial charge in [-0.05, 0) is 31.0 Å². The molecular weight excluding hydrogens is 366 g/mol. The zero-order valence-electron chi connectivity index (χ0n) is 15.2. The largest absolute Gasteiger partial charge is 0.482 e. The molecule has 0 saturated heterocycles. The van der Waals surface area contributed by atoms with E-state index in [1.54, 1.807) is 21.9 Å². The standard InChI is InChI=1S/C21H20F2N2O3/c22-15-6-5-14(17(23)11-15)12-25(16-7-8-16)20(26)9-10-24-18-3-1-2-4-19(18)28-13-21(24)27/h1-6,11,16H,7-10,12-13H2. The Hall–Kier alpha value is -2.96. The minimum Gasteiger partial charge on any atom is -0.482 e. The van der Waals surface area contributed by atoms with Gasteiger partial charge in [-0.2, -0.15) is 0 Å². The molecule has 2 amide bonds. The molecule has 0 radical (unpaired) electrons. The molecule has 4 rings (SSSR count). The first-order valence-corrected chi connectivity index (χ1v) is 9.28. The number of carbonyl (C=O) groups is 2. The van der Waals surface area contributed by atoms with Gasteiger partial charge in [-0.25, -0.2) is 8.78 Å². The van der Waals surface area contributed by atoms with Crippen LogP contribution in [0.5, 0.6) is 5.75 Å². The fourth-order valence-corrected chi connectivity index (χ4v) is 3.39. The van der Waals surface area contributed by atoms with Crippen LogP contribution in [0.4, 0.5) is 14.5 Å². The minimum absolute atomic E-state index is 0.0572. The Kier molecular flexibility index (Phi) is 4.98. The Morgan fingerprint density at radius 3 is 2.71 bits per heavy atom. The van der Waals surface area contributed by atoms with Crippen LogP contribution in [-0.4, -0.2) is 35.9 Å². The van der Waals surface area contributed by atoms with Crippen LogP contribution in [0.15, 0.2) is 42.5 Å². The Morgan fingerprint density at radius 1 is 1.18 bits per heavy atom. The predicted molar refractivity (Wildman–Crippen MR) is 98.8 cm³/mol. The third-order valence-electron chi connectivity index (χ3n) is 5.02. The van der Waals surface area contributed by atoms with Gasteiger partial charge in [0.1, 0.15) is 17.4 Å². The Morgan fingerprint density at radius 2 is 1.96 bits per heavy atom. The maximum atomic E-state index is 14.0. The van der Waals surface area contributed by atoms with Crippen LogP contribution >= 0.6 is 0 Å². The lowest BCUT2D eigenvalue weighted by molar-refractivity contribution is -0.132. The fraction of sp³-hybridized carbons (Fsp3) is 0.333.